The van der Waals surface area contributed by atoms with Gasteiger partial charge in [0.1, 0.15) is 0 Å². The van der Waals surface area contributed by atoms with Gasteiger partial charge >= 0.3 is 11.9 Å². The van der Waals surface area contributed by atoms with E-state index in [0.29, 0.717) is 5.56 Å². The van der Waals surface area contributed by atoms with Gasteiger partial charge in [-0.3, -0.25) is 4.79 Å². The first-order valence-electron chi connectivity index (χ1n) is 5.13. The van der Waals surface area contributed by atoms with E-state index in [2.05, 4.69) is 4.74 Å². The third-order valence-electron chi connectivity index (χ3n) is 2.74. The number of methoxy groups -OCH3 is 1. The summed E-state index contributed by atoms with van der Waals surface area (Å²) in [7, 11) is 1.16. The Hall–Kier alpha value is -1.88. The van der Waals surface area contributed by atoms with Crippen molar-refractivity contribution in [2.75, 3.05) is 7.11 Å². The maximum Gasteiger partial charge on any atom is 0.342 e. The van der Waals surface area contributed by atoms with Crippen LogP contribution in [0.5, 0.6) is 0 Å². The lowest BCUT2D eigenvalue weighted by molar-refractivity contribution is -0.168. The van der Waals surface area contributed by atoms with Crippen molar-refractivity contribution in [3.63, 3.8) is 0 Å². The summed E-state index contributed by atoms with van der Waals surface area (Å²) in [6.07, 6.45) is -1.40. The highest BCUT2D eigenvalue weighted by Gasteiger charge is 2.55. The van der Waals surface area contributed by atoms with Crippen LogP contribution >= 0.6 is 0 Å². The van der Waals surface area contributed by atoms with Crippen molar-refractivity contribution in [2.45, 2.75) is 18.1 Å². The zero-order valence-electron chi connectivity index (χ0n) is 9.25. The van der Waals surface area contributed by atoms with Crippen LogP contribution in [-0.2, 0) is 19.1 Å². The van der Waals surface area contributed by atoms with Gasteiger partial charge in [0.2, 0.25) is 5.60 Å². The number of hydrogen-bond donors (Lipinski definition) is 1. The Morgan fingerprint density at radius 1 is 1.47 bits per heavy atom. The number of esters is 2. The molecule has 1 aliphatic heterocycles. The molecular weight excluding hydrogens is 224 g/mol. The lowest BCUT2D eigenvalue weighted by atomic mass is 9.90. The Bertz CT molecular complexity index is 441. The average molecular weight is 236 g/mol. The third kappa shape index (κ3) is 1.89. The first-order chi connectivity index (χ1) is 8.08. The molecule has 0 aliphatic carbocycles. The monoisotopic (exact) mass is 236 g/mol. The van der Waals surface area contributed by atoms with E-state index in [1.165, 1.54) is 0 Å². The molecule has 90 valence electrons. The molecule has 2 atom stereocenters. The lowest BCUT2D eigenvalue weighted by Gasteiger charge is -2.24. The van der Waals surface area contributed by atoms with Crippen LogP contribution in [0.3, 0.4) is 0 Å². The minimum absolute atomic E-state index is 0.390. The van der Waals surface area contributed by atoms with Crippen molar-refractivity contribution in [1.29, 1.82) is 0 Å². The third-order valence-corrected chi connectivity index (χ3v) is 2.74. The molecule has 17 heavy (non-hydrogen) atoms. The predicted octanol–water partition coefficient (Wildman–Crippen LogP) is 0.579. The summed E-state index contributed by atoms with van der Waals surface area (Å²) in [5.74, 6) is -1.48. The van der Waals surface area contributed by atoms with Crippen LogP contribution in [0.1, 0.15) is 18.1 Å². The second kappa shape index (κ2) is 4.18. The van der Waals surface area contributed by atoms with Gasteiger partial charge in [-0.15, -0.1) is 0 Å². The molecule has 1 aromatic rings. The number of cyclic esters (lactones) is 1. The second-order valence-corrected chi connectivity index (χ2v) is 3.87. The fourth-order valence-corrected chi connectivity index (χ4v) is 1.91. The summed E-state index contributed by atoms with van der Waals surface area (Å²) >= 11 is 0. The van der Waals surface area contributed by atoms with E-state index >= 15 is 0 Å². The number of hydrogen-bond acceptors (Lipinski definition) is 5. The Balaban J connectivity index is 2.38. The van der Waals surface area contributed by atoms with Gasteiger partial charge in [0.15, 0.2) is 6.10 Å². The van der Waals surface area contributed by atoms with Gasteiger partial charge in [-0.25, -0.2) is 4.79 Å². The molecule has 0 amide bonds. The molecule has 1 aliphatic rings. The molecule has 0 saturated carbocycles. The van der Waals surface area contributed by atoms with Crippen molar-refractivity contribution < 1.29 is 24.2 Å². The topological polar surface area (TPSA) is 72.8 Å². The van der Waals surface area contributed by atoms with E-state index in [9.17, 15) is 14.7 Å². The van der Waals surface area contributed by atoms with Crippen molar-refractivity contribution in [3.05, 3.63) is 35.9 Å². The molecule has 1 aromatic carbocycles. The molecule has 1 heterocycles. The Labute approximate surface area is 98.0 Å². The van der Waals surface area contributed by atoms with E-state index in [4.69, 9.17) is 4.74 Å². The maximum absolute atomic E-state index is 11.6. The molecule has 1 saturated heterocycles. The van der Waals surface area contributed by atoms with Crippen LogP contribution in [-0.4, -0.2) is 29.8 Å². The summed E-state index contributed by atoms with van der Waals surface area (Å²) in [5, 5.41) is 10.2. The lowest BCUT2D eigenvalue weighted by Crippen LogP contribution is -2.42. The van der Waals surface area contributed by atoms with Gasteiger partial charge in [0.05, 0.1) is 13.5 Å². The van der Waals surface area contributed by atoms with Crippen LogP contribution < -0.4 is 0 Å². The molecule has 2 rings (SSSR count). The first kappa shape index (κ1) is 11.6. The fraction of sp³-hybridized carbons (Fsp3) is 0.333. The predicted molar refractivity (Wildman–Crippen MR) is 56.9 cm³/mol. The highest BCUT2D eigenvalue weighted by Crippen LogP contribution is 2.39. The zero-order chi connectivity index (χ0) is 12.5. The molecular formula is C12H12O5. The SMILES string of the molecule is COC(=O)[C@]1(O)CC(=O)O[C@@H]1c1ccccc1. The molecule has 0 radical (unpaired) electrons. The zero-order valence-corrected chi connectivity index (χ0v) is 9.25. The van der Waals surface area contributed by atoms with E-state index in [0.717, 1.165) is 7.11 Å². The van der Waals surface area contributed by atoms with Crippen LogP contribution in [0.4, 0.5) is 0 Å². The Morgan fingerprint density at radius 2 is 2.12 bits per heavy atom. The van der Waals surface area contributed by atoms with Gasteiger partial charge in [-0.05, 0) is 5.56 Å². The van der Waals surface area contributed by atoms with E-state index in [-0.39, 0.29) is 6.42 Å². The number of rotatable bonds is 2. The van der Waals surface area contributed by atoms with Gasteiger partial charge in [0, 0.05) is 0 Å². The Morgan fingerprint density at radius 3 is 2.71 bits per heavy atom. The number of carbonyl (C=O) groups is 2. The number of aliphatic hydroxyl groups is 1. The fourth-order valence-electron chi connectivity index (χ4n) is 1.91. The van der Waals surface area contributed by atoms with Gasteiger partial charge in [-0.1, -0.05) is 30.3 Å². The minimum atomic E-state index is -1.94. The number of benzene rings is 1. The molecule has 0 bridgehead atoms. The Kier molecular flexibility index (Phi) is 2.85. The average Bonchev–Trinajstić information content (AvgIpc) is 2.66. The van der Waals surface area contributed by atoms with Crippen molar-refractivity contribution in [3.8, 4) is 0 Å². The molecule has 0 spiro atoms. The quantitative estimate of drug-likeness (QED) is 0.760. The van der Waals surface area contributed by atoms with Gasteiger partial charge in [-0.2, -0.15) is 0 Å². The smallest absolute Gasteiger partial charge is 0.342 e. The van der Waals surface area contributed by atoms with Crippen LogP contribution in [0.15, 0.2) is 30.3 Å². The van der Waals surface area contributed by atoms with Crippen LogP contribution in [0.25, 0.3) is 0 Å². The molecule has 1 N–H and O–H groups in total. The number of ether oxygens (including phenoxy) is 2. The van der Waals surface area contributed by atoms with Gasteiger partial charge in [0.25, 0.3) is 0 Å². The van der Waals surface area contributed by atoms with Crippen LogP contribution in [0.2, 0.25) is 0 Å². The van der Waals surface area contributed by atoms with E-state index in [1.807, 2.05) is 0 Å². The van der Waals surface area contributed by atoms with Crippen LogP contribution in [0, 0.1) is 0 Å². The molecule has 1 fully saturated rings. The highest BCUT2D eigenvalue weighted by atomic mass is 16.6. The molecule has 0 unspecified atom stereocenters. The van der Waals surface area contributed by atoms with E-state index < -0.39 is 23.6 Å². The summed E-state index contributed by atoms with van der Waals surface area (Å²) in [6, 6.07) is 8.62. The summed E-state index contributed by atoms with van der Waals surface area (Å²) < 4.78 is 9.51. The van der Waals surface area contributed by atoms with E-state index in [1.54, 1.807) is 30.3 Å². The van der Waals surface area contributed by atoms with Crippen molar-refractivity contribution >= 4 is 11.9 Å². The first-order valence-corrected chi connectivity index (χ1v) is 5.13. The highest BCUT2D eigenvalue weighted by molar-refractivity contribution is 5.89. The summed E-state index contributed by atoms with van der Waals surface area (Å²) in [4.78, 5) is 22.8. The molecule has 5 heteroatoms. The largest absolute Gasteiger partial charge is 0.467 e. The normalized spacial score (nSPS) is 27.6. The van der Waals surface area contributed by atoms with Crippen molar-refractivity contribution in [1.82, 2.24) is 0 Å². The molecule has 0 aromatic heterocycles. The second-order valence-electron chi connectivity index (χ2n) is 3.87. The standard InChI is InChI=1S/C12H12O5/c1-16-11(14)12(15)7-9(13)17-10(12)8-5-3-2-4-6-8/h2-6,10,15H,7H2,1H3/t10-,12+/m1/s1. The summed E-state index contributed by atoms with van der Waals surface area (Å²) in [5.41, 5.74) is -1.38. The molecule has 5 nitrogen and oxygen atoms in total. The maximum atomic E-state index is 11.6. The summed E-state index contributed by atoms with van der Waals surface area (Å²) in [6.45, 7) is 0. The van der Waals surface area contributed by atoms with Crippen molar-refractivity contribution in [2.24, 2.45) is 0 Å². The minimum Gasteiger partial charge on any atom is -0.467 e. The number of carbonyl (C=O) groups excluding carboxylic acids is 2. The van der Waals surface area contributed by atoms with Gasteiger partial charge < -0.3 is 14.6 Å².